The third kappa shape index (κ3) is 5.68. The number of anilines is 2. The van der Waals surface area contributed by atoms with Crippen LogP contribution in [0.25, 0.3) is 0 Å². The number of rotatable bonds is 8. The topological polar surface area (TPSA) is 101 Å². The van der Waals surface area contributed by atoms with Crippen molar-refractivity contribution in [1.82, 2.24) is 20.3 Å². The molecule has 0 fully saturated rings. The van der Waals surface area contributed by atoms with Crippen LogP contribution in [0.5, 0.6) is 6.01 Å². The average Bonchev–Trinajstić information content (AvgIpc) is 2.43. The molecule has 0 atom stereocenters. The molecule has 112 valence electrons. The van der Waals surface area contributed by atoms with Gasteiger partial charge in [0.05, 0.1) is 13.7 Å². The van der Waals surface area contributed by atoms with E-state index in [1.165, 1.54) is 7.11 Å². The third-order valence-corrected chi connectivity index (χ3v) is 2.25. The van der Waals surface area contributed by atoms with Crippen LogP contribution in [0.1, 0.15) is 20.8 Å². The maximum absolute atomic E-state index is 11.6. The highest BCUT2D eigenvalue weighted by Gasteiger charge is 2.08. The van der Waals surface area contributed by atoms with Gasteiger partial charge in [-0.05, 0) is 12.8 Å². The zero-order valence-corrected chi connectivity index (χ0v) is 12.4. The van der Waals surface area contributed by atoms with Crippen LogP contribution in [0.3, 0.4) is 0 Å². The molecule has 0 saturated heterocycles. The Hall–Kier alpha value is -2.12. The summed E-state index contributed by atoms with van der Waals surface area (Å²) in [6, 6.07) is 0.195. The van der Waals surface area contributed by atoms with Crippen LogP contribution in [-0.4, -0.2) is 47.6 Å². The first kappa shape index (κ1) is 15.9. The quantitative estimate of drug-likeness (QED) is 0.638. The number of methoxy groups -OCH3 is 1. The van der Waals surface area contributed by atoms with Crippen molar-refractivity contribution in [3.05, 3.63) is 0 Å². The second-order valence-electron chi connectivity index (χ2n) is 4.55. The molecule has 0 radical (unpaired) electrons. The molecule has 1 amide bonds. The van der Waals surface area contributed by atoms with Gasteiger partial charge in [-0.25, -0.2) is 0 Å². The lowest BCUT2D eigenvalue weighted by Gasteiger charge is -2.10. The average molecular weight is 282 g/mol. The van der Waals surface area contributed by atoms with Crippen molar-refractivity contribution in [2.75, 3.05) is 37.4 Å². The molecule has 3 N–H and O–H groups in total. The van der Waals surface area contributed by atoms with Crippen LogP contribution >= 0.6 is 0 Å². The second kappa shape index (κ2) is 8.13. The van der Waals surface area contributed by atoms with Crippen molar-refractivity contribution in [1.29, 1.82) is 0 Å². The summed E-state index contributed by atoms with van der Waals surface area (Å²) in [5.41, 5.74) is 0. The molecule has 1 aromatic heterocycles. The van der Waals surface area contributed by atoms with Gasteiger partial charge < -0.3 is 20.7 Å². The Balaban J connectivity index is 2.58. The van der Waals surface area contributed by atoms with Crippen molar-refractivity contribution >= 4 is 17.8 Å². The summed E-state index contributed by atoms with van der Waals surface area (Å²) in [5, 5.41) is 8.62. The lowest BCUT2D eigenvalue weighted by atomic mass is 10.2. The Kier molecular flexibility index (Phi) is 6.48. The molecule has 8 heteroatoms. The number of ether oxygens (including phenoxy) is 1. The van der Waals surface area contributed by atoms with Gasteiger partial charge in [0.1, 0.15) is 0 Å². The van der Waals surface area contributed by atoms with Gasteiger partial charge in [0.25, 0.3) is 0 Å². The summed E-state index contributed by atoms with van der Waals surface area (Å²) in [6.07, 6.45) is 0. The highest BCUT2D eigenvalue weighted by atomic mass is 16.5. The van der Waals surface area contributed by atoms with Gasteiger partial charge >= 0.3 is 6.01 Å². The van der Waals surface area contributed by atoms with Crippen LogP contribution < -0.4 is 20.7 Å². The summed E-state index contributed by atoms with van der Waals surface area (Å²) in [4.78, 5) is 23.8. The fraction of sp³-hybridized carbons (Fsp3) is 0.667. The first-order valence-corrected chi connectivity index (χ1v) is 6.59. The highest BCUT2D eigenvalue weighted by molar-refractivity contribution is 5.80. The summed E-state index contributed by atoms with van der Waals surface area (Å²) in [6.45, 7) is 7.43. The van der Waals surface area contributed by atoms with Gasteiger partial charge in [-0.3, -0.25) is 4.79 Å². The molecule has 0 bridgehead atoms. The van der Waals surface area contributed by atoms with Gasteiger partial charge in [-0.1, -0.05) is 13.8 Å². The molecule has 0 unspecified atom stereocenters. The molecule has 0 aliphatic carbocycles. The van der Waals surface area contributed by atoms with E-state index < -0.39 is 0 Å². The number of aromatic nitrogens is 3. The molecule has 8 nitrogen and oxygen atoms in total. The van der Waals surface area contributed by atoms with E-state index in [-0.39, 0.29) is 18.5 Å². The first-order valence-electron chi connectivity index (χ1n) is 6.59. The Bertz CT molecular complexity index is 438. The van der Waals surface area contributed by atoms with Gasteiger partial charge in [0.15, 0.2) is 0 Å². The minimum absolute atomic E-state index is 0.103. The molecule has 1 heterocycles. The molecule has 0 aliphatic rings. The van der Waals surface area contributed by atoms with E-state index in [9.17, 15) is 4.79 Å². The number of amides is 1. The molecule has 0 aliphatic heterocycles. The fourth-order valence-corrected chi connectivity index (χ4v) is 1.30. The monoisotopic (exact) mass is 282 g/mol. The predicted molar refractivity (Wildman–Crippen MR) is 76.9 cm³/mol. The van der Waals surface area contributed by atoms with Crippen LogP contribution in [0.4, 0.5) is 11.9 Å². The van der Waals surface area contributed by atoms with E-state index >= 15 is 0 Å². The zero-order valence-electron chi connectivity index (χ0n) is 12.4. The number of carbonyl (C=O) groups is 1. The van der Waals surface area contributed by atoms with E-state index in [1.54, 1.807) is 0 Å². The van der Waals surface area contributed by atoms with E-state index in [2.05, 4.69) is 30.9 Å². The van der Waals surface area contributed by atoms with Crippen molar-refractivity contribution < 1.29 is 9.53 Å². The van der Waals surface area contributed by atoms with E-state index in [1.807, 2.05) is 20.8 Å². The van der Waals surface area contributed by atoms with Gasteiger partial charge in [0.2, 0.25) is 17.8 Å². The van der Waals surface area contributed by atoms with E-state index in [4.69, 9.17) is 4.74 Å². The Morgan fingerprint density at radius 3 is 2.40 bits per heavy atom. The minimum Gasteiger partial charge on any atom is -0.467 e. The van der Waals surface area contributed by atoms with Crippen LogP contribution in [0.15, 0.2) is 0 Å². The van der Waals surface area contributed by atoms with Gasteiger partial charge in [0, 0.05) is 13.1 Å². The maximum atomic E-state index is 11.6. The molecule has 1 rings (SSSR count). The lowest BCUT2D eigenvalue weighted by Crippen LogP contribution is -2.32. The fourth-order valence-electron chi connectivity index (χ4n) is 1.30. The Morgan fingerprint density at radius 1 is 1.20 bits per heavy atom. The van der Waals surface area contributed by atoms with E-state index in [0.717, 1.165) is 0 Å². The van der Waals surface area contributed by atoms with Gasteiger partial charge in [-0.2, -0.15) is 15.0 Å². The summed E-state index contributed by atoms with van der Waals surface area (Å²) >= 11 is 0. The largest absolute Gasteiger partial charge is 0.467 e. The van der Waals surface area contributed by atoms with Crippen LogP contribution in [0.2, 0.25) is 0 Å². The number of hydrogen-bond donors (Lipinski definition) is 3. The van der Waals surface area contributed by atoms with Crippen LogP contribution in [0, 0.1) is 5.92 Å². The SMILES string of the molecule is CCNc1nc(NCC(=O)NCC(C)C)nc(OC)n1. The van der Waals surface area contributed by atoms with Crippen molar-refractivity contribution in [2.24, 2.45) is 5.92 Å². The van der Waals surface area contributed by atoms with Gasteiger partial charge in [-0.15, -0.1) is 0 Å². The smallest absolute Gasteiger partial charge is 0.322 e. The summed E-state index contributed by atoms with van der Waals surface area (Å²) < 4.78 is 4.98. The Morgan fingerprint density at radius 2 is 1.85 bits per heavy atom. The molecule has 0 aromatic carbocycles. The first-order chi connectivity index (χ1) is 9.55. The number of nitrogens with zero attached hydrogens (tertiary/aromatic N) is 3. The molecule has 20 heavy (non-hydrogen) atoms. The Labute approximate surface area is 118 Å². The zero-order chi connectivity index (χ0) is 15.0. The third-order valence-electron chi connectivity index (χ3n) is 2.25. The predicted octanol–water partition coefficient (Wildman–Crippen LogP) is 0.496. The van der Waals surface area contributed by atoms with Crippen molar-refractivity contribution in [2.45, 2.75) is 20.8 Å². The second-order valence-corrected chi connectivity index (χ2v) is 4.55. The summed E-state index contributed by atoms with van der Waals surface area (Å²) in [5.74, 6) is 1.01. The van der Waals surface area contributed by atoms with Crippen molar-refractivity contribution in [3.63, 3.8) is 0 Å². The molecule has 0 spiro atoms. The molecule has 1 aromatic rings. The van der Waals surface area contributed by atoms with E-state index in [0.29, 0.717) is 30.9 Å². The number of nitrogens with one attached hydrogen (secondary N) is 3. The number of carbonyl (C=O) groups excluding carboxylic acids is 1. The molecular formula is C12H22N6O2. The lowest BCUT2D eigenvalue weighted by molar-refractivity contribution is -0.119. The number of hydrogen-bond acceptors (Lipinski definition) is 7. The molecule has 0 saturated carbocycles. The molecular weight excluding hydrogens is 260 g/mol. The standard InChI is InChI=1S/C12H22N6O2/c1-5-13-10-16-11(18-12(17-10)20-4)15-7-9(19)14-6-8(2)3/h8H,5-7H2,1-4H3,(H,14,19)(H2,13,15,16,17,18). The van der Waals surface area contributed by atoms with Crippen molar-refractivity contribution in [3.8, 4) is 6.01 Å². The normalized spacial score (nSPS) is 10.2. The van der Waals surface area contributed by atoms with Crippen LogP contribution in [-0.2, 0) is 4.79 Å². The maximum Gasteiger partial charge on any atom is 0.322 e. The minimum atomic E-state index is -0.108. The summed E-state index contributed by atoms with van der Waals surface area (Å²) in [7, 11) is 1.48. The highest BCUT2D eigenvalue weighted by Crippen LogP contribution is 2.10.